The molecular formula is C21H34N2O2S. The monoisotopic (exact) mass is 378 g/mol. The molecule has 0 atom stereocenters. The molecule has 26 heavy (non-hydrogen) atoms. The number of hydrogen-bond donors (Lipinski definition) is 0. The van der Waals surface area contributed by atoms with Crippen LogP contribution in [0.4, 0.5) is 0 Å². The van der Waals surface area contributed by atoms with E-state index in [-0.39, 0.29) is 17.0 Å². The first-order chi connectivity index (χ1) is 12.2. The summed E-state index contributed by atoms with van der Waals surface area (Å²) in [6.45, 7) is 5.82. The lowest BCUT2D eigenvalue weighted by molar-refractivity contribution is -0.136. The fourth-order valence-electron chi connectivity index (χ4n) is 4.76. The molecule has 2 heterocycles. The Labute approximate surface area is 162 Å². The lowest BCUT2D eigenvalue weighted by Crippen LogP contribution is -2.47. The van der Waals surface area contributed by atoms with Crippen LogP contribution in [0.3, 0.4) is 0 Å². The largest absolute Gasteiger partial charge is 0.378 e. The fraction of sp³-hybridized carbons (Fsp3) is 0.762. The van der Waals surface area contributed by atoms with Crippen molar-refractivity contribution < 1.29 is 9.53 Å². The van der Waals surface area contributed by atoms with Crippen molar-refractivity contribution in [3.05, 3.63) is 22.4 Å². The van der Waals surface area contributed by atoms with E-state index < -0.39 is 0 Å². The van der Waals surface area contributed by atoms with Crippen LogP contribution in [0.5, 0.6) is 0 Å². The summed E-state index contributed by atoms with van der Waals surface area (Å²) in [5.41, 5.74) is 0.122. The van der Waals surface area contributed by atoms with Gasteiger partial charge in [-0.05, 0) is 76.9 Å². The van der Waals surface area contributed by atoms with Gasteiger partial charge >= 0.3 is 0 Å². The van der Waals surface area contributed by atoms with Gasteiger partial charge in [-0.15, -0.1) is 11.3 Å². The number of hydrogen-bond acceptors (Lipinski definition) is 4. The molecule has 0 radical (unpaired) electrons. The molecule has 1 aromatic heterocycles. The summed E-state index contributed by atoms with van der Waals surface area (Å²) in [5, 5.41) is 2.19. The summed E-state index contributed by atoms with van der Waals surface area (Å²) in [5.74, 6) is 0.247. The number of methoxy groups -OCH3 is 1. The van der Waals surface area contributed by atoms with E-state index in [2.05, 4.69) is 41.4 Å². The summed E-state index contributed by atoms with van der Waals surface area (Å²) in [6.07, 6.45) is 6.41. The number of amides is 1. The second-order valence-electron chi connectivity index (χ2n) is 9.11. The van der Waals surface area contributed by atoms with Gasteiger partial charge in [0.25, 0.3) is 0 Å². The van der Waals surface area contributed by atoms with Crippen molar-refractivity contribution in [1.29, 1.82) is 0 Å². The summed E-state index contributed by atoms with van der Waals surface area (Å²) in [4.78, 5) is 18.7. The van der Waals surface area contributed by atoms with E-state index in [0.717, 1.165) is 19.5 Å². The number of carbonyl (C=O) groups excluding carboxylic acids is 1. The minimum atomic E-state index is -0.376. The predicted octanol–water partition coefficient (Wildman–Crippen LogP) is 4.11. The quantitative estimate of drug-likeness (QED) is 0.773. The van der Waals surface area contributed by atoms with Crippen LogP contribution in [-0.2, 0) is 15.1 Å². The van der Waals surface area contributed by atoms with Crippen LogP contribution >= 0.6 is 11.3 Å². The first kappa shape index (κ1) is 19.8. The molecule has 2 fully saturated rings. The second kappa shape index (κ2) is 7.25. The van der Waals surface area contributed by atoms with Crippen LogP contribution in [0.2, 0.25) is 0 Å². The van der Waals surface area contributed by atoms with E-state index in [4.69, 9.17) is 4.74 Å². The third-order valence-electron chi connectivity index (χ3n) is 6.89. The van der Waals surface area contributed by atoms with Crippen molar-refractivity contribution in [2.45, 2.75) is 63.5 Å². The number of carbonyl (C=O) groups is 1. The van der Waals surface area contributed by atoms with Crippen LogP contribution in [0.25, 0.3) is 0 Å². The van der Waals surface area contributed by atoms with Gasteiger partial charge in [0, 0.05) is 25.1 Å². The Morgan fingerprint density at radius 3 is 2.50 bits per heavy atom. The minimum absolute atomic E-state index is 0.175. The highest BCUT2D eigenvalue weighted by Crippen LogP contribution is 2.52. The highest BCUT2D eigenvalue weighted by atomic mass is 32.1. The molecular weight excluding hydrogens is 344 g/mol. The Balaban J connectivity index is 1.65. The number of thiophene rings is 1. The van der Waals surface area contributed by atoms with Gasteiger partial charge < -0.3 is 9.64 Å². The molecule has 4 nitrogen and oxygen atoms in total. The van der Waals surface area contributed by atoms with Crippen LogP contribution in [0, 0.1) is 5.41 Å². The maximum atomic E-state index is 12.7. The highest BCUT2D eigenvalue weighted by Gasteiger charge is 2.48. The van der Waals surface area contributed by atoms with Crippen molar-refractivity contribution in [1.82, 2.24) is 9.80 Å². The summed E-state index contributed by atoms with van der Waals surface area (Å²) < 4.78 is 5.45. The molecule has 3 rings (SSSR count). The molecule has 1 aliphatic heterocycles. The van der Waals surface area contributed by atoms with Crippen molar-refractivity contribution in [2.24, 2.45) is 5.41 Å². The molecule has 2 aliphatic rings. The van der Waals surface area contributed by atoms with Crippen LogP contribution < -0.4 is 0 Å². The van der Waals surface area contributed by atoms with Gasteiger partial charge in [-0.2, -0.15) is 0 Å². The Bertz CT molecular complexity index is 616. The number of likely N-dealkylation sites (tertiary alicyclic amines) is 1. The van der Waals surface area contributed by atoms with Crippen molar-refractivity contribution in [3.63, 3.8) is 0 Å². The third-order valence-corrected chi connectivity index (χ3v) is 7.96. The normalized spacial score (nSPS) is 29.7. The van der Waals surface area contributed by atoms with Gasteiger partial charge in [-0.3, -0.25) is 9.69 Å². The van der Waals surface area contributed by atoms with Crippen LogP contribution in [0.15, 0.2) is 17.5 Å². The Morgan fingerprint density at radius 1 is 1.27 bits per heavy atom. The summed E-state index contributed by atoms with van der Waals surface area (Å²) in [6, 6.07) is 4.46. The first-order valence-corrected chi connectivity index (χ1v) is 10.6. The molecule has 1 saturated carbocycles. The molecule has 0 unspecified atom stereocenters. The predicted molar refractivity (Wildman–Crippen MR) is 107 cm³/mol. The lowest BCUT2D eigenvalue weighted by Gasteiger charge is -2.48. The number of nitrogens with zero attached hydrogens (tertiary/aromatic N) is 2. The van der Waals surface area contributed by atoms with Gasteiger partial charge in [0.15, 0.2) is 0 Å². The van der Waals surface area contributed by atoms with Gasteiger partial charge in [-0.25, -0.2) is 0 Å². The van der Waals surface area contributed by atoms with Gasteiger partial charge in [-0.1, -0.05) is 6.07 Å². The van der Waals surface area contributed by atoms with Crippen LogP contribution in [0.1, 0.15) is 57.2 Å². The Kier molecular flexibility index (Phi) is 5.53. The van der Waals surface area contributed by atoms with Gasteiger partial charge in [0.2, 0.25) is 5.91 Å². The molecule has 0 aromatic carbocycles. The molecule has 1 spiro atoms. The van der Waals surface area contributed by atoms with Gasteiger partial charge in [0.05, 0.1) is 17.6 Å². The van der Waals surface area contributed by atoms with E-state index in [0.29, 0.717) is 11.8 Å². The molecule has 146 valence electrons. The van der Waals surface area contributed by atoms with E-state index >= 15 is 0 Å². The van der Waals surface area contributed by atoms with Gasteiger partial charge in [0.1, 0.15) is 0 Å². The molecule has 1 aliphatic carbocycles. The molecule has 1 saturated heterocycles. The van der Waals surface area contributed by atoms with Crippen molar-refractivity contribution in [3.8, 4) is 0 Å². The zero-order chi connectivity index (χ0) is 19.0. The first-order valence-electron chi connectivity index (χ1n) is 9.76. The molecule has 1 aromatic rings. The highest BCUT2D eigenvalue weighted by molar-refractivity contribution is 7.10. The average molecular weight is 379 g/mol. The summed E-state index contributed by atoms with van der Waals surface area (Å²) in [7, 11) is 6.12. The van der Waals surface area contributed by atoms with E-state index in [9.17, 15) is 4.79 Å². The standard InChI is InChI=1S/C21H34N2O2S/c1-19(2,25-5)15-18(24)23-13-12-20(16-23)8-10-21(11-9-20,22(3)4)17-7-6-14-26-17/h6-7,14H,8-13,15-16H2,1-5H3. The molecule has 0 bridgehead atoms. The maximum Gasteiger partial charge on any atom is 0.225 e. The average Bonchev–Trinajstić information content (AvgIpc) is 3.26. The maximum absolute atomic E-state index is 12.7. The Morgan fingerprint density at radius 2 is 1.96 bits per heavy atom. The molecule has 1 amide bonds. The number of ether oxygens (including phenoxy) is 1. The van der Waals surface area contributed by atoms with E-state index in [1.54, 1.807) is 7.11 Å². The summed E-state index contributed by atoms with van der Waals surface area (Å²) >= 11 is 1.88. The SMILES string of the molecule is COC(C)(C)CC(=O)N1CCC2(CCC(c3cccs3)(N(C)C)CC2)C1. The van der Waals surface area contributed by atoms with Crippen molar-refractivity contribution in [2.75, 3.05) is 34.3 Å². The minimum Gasteiger partial charge on any atom is -0.378 e. The zero-order valence-electron chi connectivity index (χ0n) is 17.0. The fourth-order valence-corrected chi connectivity index (χ4v) is 5.82. The smallest absolute Gasteiger partial charge is 0.225 e. The van der Waals surface area contributed by atoms with E-state index in [1.165, 1.54) is 30.6 Å². The molecule has 0 N–H and O–H groups in total. The second-order valence-corrected chi connectivity index (χ2v) is 10.1. The third kappa shape index (κ3) is 3.71. The Hall–Kier alpha value is -0.910. The van der Waals surface area contributed by atoms with Crippen LogP contribution in [-0.4, -0.2) is 55.6 Å². The zero-order valence-corrected chi connectivity index (χ0v) is 17.8. The number of rotatable bonds is 5. The molecule has 5 heteroatoms. The van der Waals surface area contributed by atoms with Crippen molar-refractivity contribution >= 4 is 17.2 Å². The lowest BCUT2D eigenvalue weighted by atomic mass is 9.66. The van der Waals surface area contributed by atoms with E-state index in [1.807, 2.05) is 25.2 Å². The topological polar surface area (TPSA) is 32.8 Å².